The van der Waals surface area contributed by atoms with Gasteiger partial charge < -0.3 is 14.7 Å². The zero-order valence-electron chi connectivity index (χ0n) is 15.1. The van der Waals surface area contributed by atoms with Gasteiger partial charge in [0.1, 0.15) is 11.3 Å². The van der Waals surface area contributed by atoms with Gasteiger partial charge in [0, 0.05) is 28.7 Å². The van der Waals surface area contributed by atoms with Crippen LogP contribution in [0.4, 0.5) is 11.5 Å². The Labute approximate surface area is 153 Å². The van der Waals surface area contributed by atoms with Crippen molar-refractivity contribution < 1.29 is 9.32 Å². The van der Waals surface area contributed by atoms with Gasteiger partial charge in [0.15, 0.2) is 5.82 Å². The van der Waals surface area contributed by atoms with Gasteiger partial charge >= 0.3 is 0 Å². The van der Waals surface area contributed by atoms with Crippen molar-refractivity contribution in [2.45, 2.75) is 51.5 Å². The second kappa shape index (κ2) is 6.37. The van der Waals surface area contributed by atoms with Gasteiger partial charge in [-0.2, -0.15) is 0 Å². The normalized spacial score (nSPS) is 20.8. The number of aromatic nitrogens is 1. The Hall–Kier alpha value is -2.01. The first-order valence-corrected chi connectivity index (χ1v) is 8.90. The third kappa shape index (κ3) is 3.52. The molecule has 1 saturated heterocycles. The van der Waals surface area contributed by atoms with Gasteiger partial charge in [0.05, 0.1) is 0 Å². The van der Waals surface area contributed by atoms with Gasteiger partial charge in [-0.1, -0.05) is 37.5 Å². The van der Waals surface area contributed by atoms with Crippen molar-refractivity contribution in [1.82, 2.24) is 5.16 Å². The Morgan fingerprint density at radius 3 is 2.60 bits per heavy atom. The first-order chi connectivity index (χ1) is 11.7. The third-order valence-electron chi connectivity index (χ3n) is 4.76. The highest BCUT2D eigenvalue weighted by molar-refractivity contribution is 6.30. The number of nitrogens with zero attached hydrogens (tertiary/aromatic N) is 2. The van der Waals surface area contributed by atoms with Crippen LogP contribution in [0.15, 0.2) is 34.9 Å². The highest BCUT2D eigenvalue weighted by Crippen LogP contribution is 2.35. The molecule has 3 rings (SSSR count). The smallest absolute Gasteiger partial charge is 0.251 e. The summed E-state index contributed by atoms with van der Waals surface area (Å²) in [7, 11) is 0. The number of carbonyl (C=O) groups excluding carboxylic acids is 1. The number of halogens is 1. The number of amides is 1. The molecule has 1 N–H and O–H groups in total. The maximum Gasteiger partial charge on any atom is 0.251 e. The molecule has 1 aromatic heterocycles. The predicted octanol–water partition coefficient (Wildman–Crippen LogP) is 4.62. The molecule has 1 aliphatic rings. The lowest BCUT2D eigenvalue weighted by molar-refractivity contribution is -0.120. The number of hydrogen-bond acceptors (Lipinski definition) is 4. The summed E-state index contributed by atoms with van der Waals surface area (Å²) in [4.78, 5) is 15.1. The van der Waals surface area contributed by atoms with Gasteiger partial charge in [-0.15, -0.1) is 0 Å². The number of hydrogen-bond donors (Lipinski definition) is 1. The van der Waals surface area contributed by atoms with Crippen molar-refractivity contribution in [2.24, 2.45) is 0 Å². The summed E-state index contributed by atoms with van der Waals surface area (Å²) in [6.45, 7) is 8.92. The Kier molecular flexibility index (Phi) is 4.54. The summed E-state index contributed by atoms with van der Waals surface area (Å²) in [5.74, 6) is 1.13. The van der Waals surface area contributed by atoms with Crippen LogP contribution in [0, 0.1) is 0 Å². The topological polar surface area (TPSA) is 58.4 Å². The molecule has 1 atom stereocenters. The van der Waals surface area contributed by atoms with E-state index < -0.39 is 5.54 Å². The lowest BCUT2D eigenvalue weighted by Gasteiger charge is -2.35. The van der Waals surface area contributed by atoms with E-state index in [0.29, 0.717) is 10.8 Å². The van der Waals surface area contributed by atoms with E-state index in [1.165, 1.54) is 0 Å². The molecule has 1 fully saturated rings. The highest BCUT2D eigenvalue weighted by Gasteiger charge is 2.43. The van der Waals surface area contributed by atoms with Gasteiger partial charge in [-0.3, -0.25) is 4.79 Å². The van der Waals surface area contributed by atoms with E-state index >= 15 is 0 Å². The van der Waals surface area contributed by atoms with E-state index in [1.54, 1.807) is 6.07 Å². The van der Waals surface area contributed by atoms with Crippen molar-refractivity contribution in [3.05, 3.63) is 41.1 Å². The fourth-order valence-corrected chi connectivity index (χ4v) is 3.30. The molecule has 1 aliphatic heterocycles. The van der Waals surface area contributed by atoms with E-state index in [1.807, 2.05) is 52.0 Å². The van der Waals surface area contributed by atoms with E-state index in [-0.39, 0.29) is 11.3 Å². The van der Waals surface area contributed by atoms with Crippen LogP contribution in [-0.4, -0.2) is 23.1 Å². The van der Waals surface area contributed by atoms with Gasteiger partial charge in [-0.25, -0.2) is 0 Å². The summed E-state index contributed by atoms with van der Waals surface area (Å²) < 4.78 is 5.36. The number of nitrogens with one attached hydrogen (secondary N) is 1. The quantitative estimate of drug-likeness (QED) is 0.866. The molecule has 1 amide bonds. The van der Waals surface area contributed by atoms with E-state index in [2.05, 4.69) is 15.4 Å². The van der Waals surface area contributed by atoms with Crippen molar-refractivity contribution in [1.29, 1.82) is 0 Å². The average Bonchev–Trinajstić information content (AvgIpc) is 3.15. The fourth-order valence-electron chi connectivity index (χ4n) is 3.17. The molecule has 2 aromatic rings. The van der Waals surface area contributed by atoms with Crippen LogP contribution in [0.1, 0.15) is 46.3 Å². The monoisotopic (exact) mass is 361 g/mol. The number of carbonyl (C=O) groups is 1. The Morgan fingerprint density at radius 1 is 1.32 bits per heavy atom. The molecule has 5 nitrogen and oxygen atoms in total. The van der Waals surface area contributed by atoms with Crippen LogP contribution >= 0.6 is 11.6 Å². The van der Waals surface area contributed by atoms with Crippen molar-refractivity contribution in [2.75, 3.05) is 16.8 Å². The molecule has 6 heteroatoms. The molecule has 0 aliphatic carbocycles. The van der Waals surface area contributed by atoms with Gasteiger partial charge in [0.25, 0.3) is 5.91 Å². The van der Waals surface area contributed by atoms with Crippen LogP contribution in [0.3, 0.4) is 0 Å². The molecule has 0 spiro atoms. The molecule has 134 valence electrons. The van der Waals surface area contributed by atoms with Crippen molar-refractivity contribution >= 4 is 29.0 Å². The molecule has 25 heavy (non-hydrogen) atoms. The van der Waals surface area contributed by atoms with Crippen LogP contribution in [0.2, 0.25) is 5.02 Å². The SMILES string of the molecule is CC(C)(C)c1cc(NC(=O)[C@]2(C)CCCN2c2ccc(Cl)cc2)no1. The van der Waals surface area contributed by atoms with E-state index in [0.717, 1.165) is 30.8 Å². The summed E-state index contributed by atoms with van der Waals surface area (Å²) in [5, 5.41) is 7.59. The molecular weight excluding hydrogens is 338 g/mol. The lowest BCUT2D eigenvalue weighted by atomic mass is 9.93. The largest absolute Gasteiger partial charge is 0.359 e. The van der Waals surface area contributed by atoms with E-state index in [4.69, 9.17) is 16.1 Å². The average molecular weight is 362 g/mol. The molecule has 2 heterocycles. The Morgan fingerprint density at radius 2 is 2.00 bits per heavy atom. The molecule has 0 unspecified atom stereocenters. The van der Waals surface area contributed by atoms with Crippen molar-refractivity contribution in [3.8, 4) is 0 Å². The van der Waals surface area contributed by atoms with Gasteiger partial charge in [0.2, 0.25) is 0 Å². The second-order valence-electron chi connectivity index (χ2n) is 7.79. The Balaban J connectivity index is 1.80. The number of benzene rings is 1. The molecule has 1 aromatic carbocycles. The molecule has 0 bridgehead atoms. The standard InChI is InChI=1S/C19H24ClN3O2/c1-18(2,3)15-12-16(22-25-15)21-17(24)19(4)10-5-11-23(19)14-8-6-13(20)7-9-14/h6-9,12H,5,10-11H2,1-4H3,(H,21,22,24)/t19-/m0/s1. The molecular formula is C19H24ClN3O2. The number of anilines is 2. The highest BCUT2D eigenvalue weighted by atomic mass is 35.5. The minimum atomic E-state index is -0.630. The minimum absolute atomic E-state index is 0.0753. The van der Waals surface area contributed by atoms with Crippen LogP contribution in [0.25, 0.3) is 0 Å². The summed E-state index contributed by atoms with van der Waals surface area (Å²) in [6, 6.07) is 9.39. The zero-order chi connectivity index (χ0) is 18.2. The second-order valence-corrected chi connectivity index (χ2v) is 8.22. The maximum absolute atomic E-state index is 13.0. The maximum atomic E-state index is 13.0. The zero-order valence-corrected chi connectivity index (χ0v) is 15.9. The first kappa shape index (κ1) is 17.8. The summed E-state index contributed by atoms with van der Waals surface area (Å²) in [5.41, 5.74) is 0.215. The van der Waals surface area contributed by atoms with Crippen LogP contribution in [-0.2, 0) is 10.2 Å². The predicted molar refractivity (Wildman–Crippen MR) is 100 cm³/mol. The Bertz CT molecular complexity index is 764. The van der Waals surface area contributed by atoms with Crippen LogP contribution in [0.5, 0.6) is 0 Å². The van der Waals surface area contributed by atoms with Crippen molar-refractivity contribution in [3.63, 3.8) is 0 Å². The van der Waals surface area contributed by atoms with Gasteiger partial charge in [-0.05, 0) is 44.0 Å². The third-order valence-corrected chi connectivity index (χ3v) is 5.01. The van der Waals surface area contributed by atoms with E-state index in [9.17, 15) is 4.79 Å². The summed E-state index contributed by atoms with van der Waals surface area (Å²) in [6.07, 6.45) is 1.74. The molecule has 0 radical (unpaired) electrons. The summed E-state index contributed by atoms with van der Waals surface area (Å²) >= 11 is 5.98. The minimum Gasteiger partial charge on any atom is -0.359 e. The van der Waals surface area contributed by atoms with Crippen LogP contribution < -0.4 is 10.2 Å². The fraction of sp³-hybridized carbons (Fsp3) is 0.474. The first-order valence-electron chi connectivity index (χ1n) is 8.52. The lowest BCUT2D eigenvalue weighted by Crippen LogP contribution is -2.51. The number of rotatable bonds is 3. The molecule has 0 saturated carbocycles.